The highest BCUT2D eigenvalue weighted by atomic mass is 16.4. The van der Waals surface area contributed by atoms with Gasteiger partial charge in [0.2, 0.25) is 5.91 Å². The second-order valence-electron chi connectivity index (χ2n) is 6.30. The quantitative estimate of drug-likeness (QED) is 0.764. The predicted octanol–water partition coefficient (Wildman–Crippen LogP) is 3.68. The van der Waals surface area contributed by atoms with Crippen LogP contribution in [-0.2, 0) is 4.79 Å². The normalized spacial score (nSPS) is 18.7. The number of carbonyl (C=O) groups excluding carboxylic acids is 1. The smallest absolute Gasteiger partial charge is 0.335 e. The number of hydrogen-bond donors (Lipinski definition) is 2. The van der Waals surface area contributed by atoms with E-state index in [4.69, 9.17) is 5.11 Å². The molecule has 1 aliphatic rings. The van der Waals surface area contributed by atoms with Gasteiger partial charge in [-0.05, 0) is 53.6 Å². The summed E-state index contributed by atoms with van der Waals surface area (Å²) in [7, 11) is 0. The van der Waals surface area contributed by atoms with Crippen LogP contribution in [0.4, 0.5) is 5.69 Å². The van der Waals surface area contributed by atoms with Crippen LogP contribution in [-0.4, -0.2) is 22.0 Å². The molecule has 5 nitrogen and oxygen atoms in total. The van der Waals surface area contributed by atoms with Crippen molar-refractivity contribution in [1.29, 1.82) is 0 Å². The molecule has 1 aromatic heterocycles. The van der Waals surface area contributed by atoms with Crippen LogP contribution in [0.1, 0.15) is 28.3 Å². The summed E-state index contributed by atoms with van der Waals surface area (Å²) >= 11 is 0. The van der Waals surface area contributed by atoms with E-state index in [1.165, 1.54) is 0 Å². The third-order valence-electron chi connectivity index (χ3n) is 4.62. The zero-order valence-corrected chi connectivity index (χ0v) is 13.3. The van der Waals surface area contributed by atoms with Gasteiger partial charge in [0.15, 0.2) is 0 Å². The number of nitrogens with one attached hydrogen (secondary N) is 1. The molecule has 2 unspecified atom stereocenters. The molecule has 2 atom stereocenters. The molecule has 1 fully saturated rings. The highest BCUT2D eigenvalue weighted by molar-refractivity contribution is 5.97. The average molecular weight is 332 g/mol. The van der Waals surface area contributed by atoms with Gasteiger partial charge in [-0.1, -0.05) is 18.2 Å². The number of pyridine rings is 1. The summed E-state index contributed by atoms with van der Waals surface area (Å²) in [6, 6.07) is 14.4. The van der Waals surface area contributed by atoms with E-state index in [0.717, 1.165) is 28.4 Å². The molecule has 3 aromatic rings. The monoisotopic (exact) mass is 332 g/mol. The molecule has 124 valence electrons. The molecule has 2 aromatic carbocycles. The van der Waals surface area contributed by atoms with Gasteiger partial charge in [0.25, 0.3) is 0 Å². The number of amides is 1. The van der Waals surface area contributed by atoms with Crippen molar-refractivity contribution in [2.45, 2.75) is 12.3 Å². The molecule has 25 heavy (non-hydrogen) atoms. The summed E-state index contributed by atoms with van der Waals surface area (Å²) in [5.74, 6) is -0.847. The van der Waals surface area contributed by atoms with Crippen LogP contribution in [0.5, 0.6) is 0 Å². The van der Waals surface area contributed by atoms with E-state index in [9.17, 15) is 9.59 Å². The lowest BCUT2D eigenvalue weighted by atomic mass is 10.1. The highest BCUT2D eigenvalue weighted by Gasteiger charge is 2.43. The average Bonchev–Trinajstić information content (AvgIpc) is 3.42. The fourth-order valence-electron chi connectivity index (χ4n) is 3.12. The molecule has 1 heterocycles. The van der Waals surface area contributed by atoms with Crippen molar-refractivity contribution in [2.75, 3.05) is 5.32 Å². The van der Waals surface area contributed by atoms with Gasteiger partial charge in [-0.15, -0.1) is 0 Å². The van der Waals surface area contributed by atoms with Crippen LogP contribution < -0.4 is 5.32 Å². The van der Waals surface area contributed by atoms with Gasteiger partial charge in [0, 0.05) is 29.4 Å². The Morgan fingerprint density at radius 3 is 2.60 bits per heavy atom. The number of hydrogen-bond acceptors (Lipinski definition) is 3. The summed E-state index contributed by atoms with van der Waals surface area (Å²) in [5.41, 5.74) is 2.04. The fourth-order valence-corrected chi connectivity index (χ4v) is 3.12. The van der Waals surface area contributed by atoms with Crippen LogP contribution in [0.25, 0.3) is 10.8 Å². The minimum Gasteiger partial charge on any atom is -0.478 e. The second-order valence-corrected chi connectivity index (χ2v) is 6.30. The molecular weight excluding hydrogens is 316 g/mol. The maximum atomic E-state index is 12.5. The molecule has 4 rings (SSSR count). The minimum atomic E-state index is -0.942. The fraction of sp³-hybridized carbons (Fsp3) is 0.150. The topological polar surface area (TPSA) is 79.3 Å². The standard InChI is InChI=1S/C20H16N2O3/c23-19(22-16-6-5-15-11-21-8-7-14(15)9-16)18-10-17(18)12-1-3-13(4-2-12)20(24)25/h1-9,11,17-18H,10H2,(H,22,23)(H,24,25). The second kappa shape index (κ2) is 6.02. The summed E-state index contributed by atoms with van der Waals surface area (Å²) < 4.78 is 0. The number of aromatic carboxylic acids is 1. The highest BCUT2D eigenvalue weighted by Crippen LogP contribution is 2.48. The third kappa shape index (κ3) is 3.08. The maximum absolute atomic E-state index is 12.5. The van der Waals surface area contributed by atoms with Gasteiger partial charge < -0.3 is 10.4 Å². The van der Waals surface area contributed by atoms with Crippen LogP contribution in [0.3, 0.4) is 0 Å². The first-order valence-electron chi connectivity index (χ1n) is 8.10. The predicted molar refractivity (Wildman–Crippen MR) is 94.6 cm³/mol. The van der Waals surface area contributed by atoms with E-state index in [-0.39, 0.29) is 23.3 Å². The lowest BCUT2D eigenvalue weighted by molar-refractivity contribution is -0.117. The Kier molecular flexibility index (Phi) is 3.69. The minimum absolute atomic E-state index is 0.000664. The van der Waals surface area contributed by atoms with Gasteiger partial charge >= 0.3 is 5.97 Å². The molecule has 0 radical (unpaired) electrons. The molecule has 5 heteroatoms. The number of carbonyl (C=O) groups is 2. The van der Waals surface area contributed by atoms with Crippen LogP contribution in [0.2, 0.25) is 0 Å². The van der Waals surface area contributed by atoms with E-state index in [1.54, 1.807) is 36.7 Å². The largest absolute Gasteiger partial charge is 0.478 e. The number of anilines is 1. The zero-order valence-electron chi connectivity index (χ0n) is 13.3. The Hall–Kier alpha value is -3.21. The lowest BCUT2D eigenvalue weighted by Gasteiger charge is -2.07. The summed E-state index contributed by atoms with van der Waals surface area (Å²) in [6.45, 7) is 0. The maximum Gasteiger partial charge on any atom is 0.335 e. The van der Waals surface area contributed by atoms with E-state index in [2.05, 4.69) is 10.3 Å². The number of benzene rings is 2. The van der Waals surface area contributed by atoms with Crippen LogP contribution in [0, 0.1) is 5.92 Å². The van der Waals surface area contributed by atoms with Crippen molar-refractivity contribution in [2.24, 2.45) is 5.92 Å². The summed E-state index contributed by atoms with van der Waals surface area (Å²) in [6.07, 6.45) is 4.31. The Bertz CT molecular complexity index is 966. The van der Waals surface area contributed by atoms with E-state index in [1.807, 2.05) is 24.3 Å². The van der Waals surface area contributed by atoms with Crippen molar-refractivity contribution < 1.29 is 14.7 Å². The van der Waals surface area contributed by atoms with Crippen molar-refractivity contribution in [3.05, 3.63) is 72.1 Å². The van der Waals surface area contributed by atoms with Crippen molar-refractivity contribution in [3.63, 3.8) is 0 Å². The molecule has 2 N–H and O–H groups in total. The number of carboxylic acids is 1. The molecule has 0 bridgehead atoms. The molecule has 1 amide bonds. The molecule has 1 aliphatic carbocycles. The SMILES string of the molecule is O=C(O)c1ccc(C2CC2C(=O)Nc2ccc3cnccc3c2)cc1. The molecular formula is C20H16N2O3. The van der Waals surface area contributed by atoms with Crippen molar-refractivity contribution in [3.8, 4) is 0 Å². The van der Waals surface area contributed by atoms with Crippen LogP contribution in [0.15, 0.2) is 60.9 Å². The Balaban J connectivity index is 1.44. The summed E-state index contributed by atoms with van der Waals surface area (Å²) in [5, 5.41) is 14.0. The Labute approximate surface area is 144 Å². The van der Waals surface area contributed by atoms with Gasteiger partial charge in [-0.3, -0.25) is 9.78 Å². The third-order valence-corrected chi connectivity index (χ3v) is 4.62. The Morgan fingerprint density at radius 2 is 1.84 bits per heavy atom. The first-order chi connectivity index (χ1) is 12.1. The molecule has 0 aliphatic heterocycles. The van der Waals surface area contributed by atoms with Crippen LogP contribution >= 0.6 is 0 Å². The van der Waals surface area contributed by atoms with E-state index >= 15 is 0 Å². The van der Waals surface area contributed by atoms with E-state index in [0.29, 0.717) is 0 Å². The van der Waals surface area contributed by atoms with Gasteiger partial charge in [-0.25, -0.2) is 4.79 Å². The number of aromatic nitrogens is 1. The van der Waals surface area contributed by atoms with Gasteiger partial charge in [-0.2, -0.15) is 0 Å². The molecule has 0 saturated heterocycles. The number of fused-ring (bicyclic) bond motifs is 1. The first-order valence-corrected chi connectivity index (χ1v) is 8.10. The van der Waals surface area contributed by atoms with Gasteiger partial charge in [0.05, 0.1) is 5.56 Å². The number of carboxylic acid groups (broad SMARTS) is 1. The van der Waals surface area contributed by atoms with Crippen molar-refractivity contribution in [1.82, 2.24) is 4.98 Å². The number of nitrogens with zero attached hydrogens (tertiary/aromatic N) is 1. The molecule has 0 spiro atoms. The first kappa shape index (κ1) is 15.3. The zero-order chi connectivity index (χ0) is 17.4. The number of rotatable bonds is 4. The van der Waals surface area contributed by atoms with Gasteiger partial charge in [0.1, 0.15) is 0 Å². The van der Waals surface area contributed by atoms with Crippen molar-refractivity contribution >= 4 is 28.3 Å². The molecule has 1 saturated carbocycles. The summed E-state index contributed by atoms with van der Waals surface area (Å²) in [4.78, 5) is 27.4. The Morgan fingerprint density at radius 1 is 1.04 bits per heavy atom. The lowest BCUT2D eigenvalue weighted by Crippen LogP contribution is -2.14. The van der Waals surface area contributed by atoms with E-state index < -0.39 is 5.97 Å².